The maximum absolute atomic E-state index is 11.4. The number of anilines is 1. The molecule has 0 heterocycles. The molecule has 158 valence electrons. The molecule has 2 aromatic rings. The van der Waals surface area contributed by atoms with Crippen molar-refractivity contribution in [3.8, 4) is 5.75 Å². The van der Waals surface area contributed by atoms with Gasteiger partial charge in [-0.2, -0.15) is 0 Å². The Morgan fingerprint density at radius 3 is 2.52 bits per heavy atom. The van der Waals surface area contributed by atoms with Gasteiger partial charge in [0, 0.05) is 30.1 Å². The molecule has 2 aromatic carbocycles. The first kappa shape index (κ1) is 25.3. The zero-order chi connectivity index (χ0) is 20.5. The van der Waals surface area contributed by atoms with Gasteiger partial charge in [0.1, 0.15) is 5.75 Å². The number of methoxy groups -OCH3 is 1. The van der Waals surface area contributed by atoms with Crippen molar-refractivity contribution in [1.29, 1.82) is 0 Å². The molecule has 0 radical (unpaired) electrons. The number of aliphatic imine (C=N–C) groups is 1. The molecule has 0 aliphatic carbocycles. The molecule has 0 spiro atoms. The number of nitrogens with zero attached hydrogens (tertiary/aromatic N) is 1. The Morgan fingerprint density at radius 1 is 1.14 bits per heavy atom. The third-order valence-corrected chi connectivity index (χ3v) is 4.39. The SMILES string of the molecule is CCNC(=NCc1ccc(OC)c(NC(C)=O)c1)NCc1ccc(Cl)cc1Cl.I. The van der Waals surface area contributed by atoms with Crippen LogP contribution in [0.3, 0.4) is 0 Å². The minimum absolute atomic E-state index is 0. The van der Waals surface area contributed by atoms with Crippen LogP contribution in [-0.4, -0.2) is 25.5 Å². The van der Waals surface area contributed by atoms with E-state index in [1.165, 1.54) is 6.92 Å². The van der Waals surface area contributed by atoms with Crippen LogP contribution < -0.4 is 20.7 Å². The summed E-state index contributed by atoms with van der Waals surface area (Å²) >= 11 is 12.2. The quantitative estimate of drug-likeness (QED) is 0.262. The lowest BCUT2D eigenvalue weighted by molar-refractivity contribution is -0.114. The number of ether oxygens (including phenoxy) is 1. The van der Waals surface area contributed by atoms with Gasteiger partial charge in [-0.15, -0.1) is 24.0 Å². The maximum Gasteiger partial charge on any atom is 0.221 e. The summed E-state index contributed by atoms with van der Waals surface area (Å²) in [5, 5.41) is 10.4. The second-order valence-electron chi connectivity index (χ2n) is 6.00. The molecule has 9 heteroatoms. The Balaban J connectivity index is 0.00000420. The van der Waals surface area contributed by atoms with Crippen molar-refractivity contribution in [3.63, 3.8) is 0 Å². The monoisotopic (exact) mass is 550 g/mol. The van der Waals surface area contributed by atoms with Crippen LogP contribution in [0.25, 0.3) is 0 Å². The van der Waals surface area contributed by atoms with Gasteiger partial charge >= 0.3 is 0 Å². The molecule has 0 aromatic heterocycles. The molecule has 3 N–H and O–H groups in total. The van der Waals surface area contributed by atoms with Crippen molar-refractivity contribution < 1.29 is 9.53 Å². The molecule has 0 aliphatic heterocycles. The zero-order valence-electron chi connectivity index (χ0n) is 16.5. The molecule has 29 heavy (non-hydrogen) atoms. The normalized spacial score (nSPS) is 10.7. The van der Waals surface area contributed by atoms with Gasteiger partial charge in [0.2, 0.25) is 5.91 Å². The number of rotatable bonds is 7. The standard InChI is InChI=1S/C20H24Cl2N4O2.HI/c1-4-23-20(25-12-15-6-7-16(21)10-17(15)22)24-11-14-5-8-19(28-3)18(9-14)26-13(2)27;/h5-10H,4,11-12H2,1-3H3,(H,26,27)(H2,23,24,25);1H. The smallest absolute Gasteiger partial charge is 0.221 e. The minimum atomic E-state index is -0.159. The Bertz CT molecular complexity index is 862. The first-order valence-electron chi connectivity index (χ1n) is 8.83. The summed E-state index contributed by atoms with van der Waals surface area (Å²) < 4.78 is 5.28. The van der Waals surface area contributed by atoms with E-state index in [0.717, 1.165) is 17.7 Å². The summed E-state index contributed by atoms with van der Waals surface area (Å²) in [5.74, 6) is 1.10. The molecule has 0 atom stereocenters. The minimum Gasteiger partial charge on any atom is -0.495 e. The number of halogens is 3. The summed E-state index contributed by atoms with van der Waals surface area (Å²) in [7, 11) is 1.56. The molecule has 6 nitrogen and oxygen atoms in total. The lowest BCUT2D eigenvalue weighted by Gasteiger charge is -2.13. The summed E-state index contributed by atoms with van der Waals surface area (Å²) in [6.07, 6.45) is 0. The number of amides is 1. The predicted octanol–water partition coefficient (Wildman–Crippen LogP) is 4.83. The number of benzene rings is 2. The summed E-state index contributed by atoms with van der Waals surface area (Å²) in [5.41, 5.74) is 2.48. The molecule has 2 rings (SSSR count). The van der Waals surface area contributed by atoms with Crippen LogP contribution in [0.2, 0.25) is 10.0 Å². The highest BCUT2D eigenvalue weighted by molar-refractivity contribution is 14.0. The van der Waals surface area contributed by atoms with Crippen molar-refractivity contribution in [1.82, 2.24) is 10.6 Å². The molecule has 0 unspecified atom stereocenters. The fourth-order valence-electron chi connectivity index (χ4n) is 2.50. The van der Waals surface area contributed by atoms with Crippen LogP contribution in [0.4, 0.5) is 5.69 Å². The largest absolute Gasteiger partial charge is 0.495 e. The molecule has 1 amide bonds. The van der Waals surface area contributed by atoms with Crippen molar-refractivity contribution in [2.75, 3.05) is 19.0 Å². The van der Waals surface area contributed by atoms with Gasteiger partial charge in [0.25, 0.3) is 0 Å². The van der Waals surface area contributed by atoms with E-state index < -0.39 is 0 Å². The van der Waals surface area contributed by atoms with Gasteiger partial charge in [-0.1, -0.05) is 35.3 Å². The molecular formula is C20H25Cl2IN4O2. The first-order valence-corrected chi connectivity index (χ1v) is 9.59. The topological polar surface area (TPSA) is 74.8 Å². The highest BCUT2D eigenvalue weighted by Crippen LogP contribution is 2.26. The Kier molecular flexibility index (Phi) is 11.2. The van der Waals surface area contributed by atoms with Crippen LogP contribution >= 0.6 is 47.2 Å². The van der Waals surface area contributed by atoms with Crippen LogP contribution in [0.5, 0.6) is 5.75 Å². The summed E-state index contributed by atoms with van der Waals surface area (Å²) in [6.45, 7) is 5.12. The third kappa shape index (κ3) is 8.28. The lowest BCUT2D eigenvalue weighted by Crippen LogP contribution is -2.36. The number of guanidine groups is 1. The van der Waals surface area contributed by atoms with E-state index in [2.05, 4.69) is 20.9 Å². The Labute approximate surface area is 198 Å². The molecule has 0 bridgehead atoms. The van der Waals surface area contributed by atoms with Gasteiger partial charge in [0.05, 0.1) is 19.3 Å². The summed E-state index contributed by atoms with van der Waals surface area (Å²) in [6, 6.07) is 11.0. The zero-order valence-corrected chi connectivity index (χ0v) is 20.4. The lowest BCUT2D eigenvalue weighted by atomic mass is 10.2. The van der Waals surface area contributed by atoms with Crippen molar-refractivity contribution in [2.45, 2.75) is 26.9 Å². The van der Waals surface area contributed by atoms with Gasteiger partial charge in [-0.3, -0.25) is 4.79 Å². The van der Waals surface area contributed by atoms with Crippen LogP contribution in [0.1, 0.15) is 25.0 Å². The summed E-state index contributed by atoms with van der Waals surface area (Å²) in [4.78, 5) is 16.0. The Morgan fingerprint density at radius 2 is 1.90 bits per heavy atom. The fraction of sp³-hybridized carbons (Fsp3) is 0.300. The van der Waals surface area contributed by atoms with E-state index in [0.29, 0.717) is 40.5 Å². The van der Waals surface area contributed by atoms with Gasteiger partial charge < -0.3 is 20.7 Å². The molecule has 0 aliphatic rings. The second-order valence-corrected chi connectivity index (χ2v) is 6.84. The average Bonchev–Trinajstić information content (AvgIpc) is 2.65. The number of carbonyl (C=O) groups is 1. The average molecular weight is 551 g/mol. The molecule has 0 saturated carbocycles. The number of hydrogen-bond donors (Lipinski definition) is 3. The van der Waals surface area contributed by atoms with Crippen molar-refractivity contribution >= 4 is 64.7 Å². The molecule has 0 fully saturated rings. The van der Waals surface area contributed by atoms with Crippen LogP contribution in [0, 0.1) is 0 Å². The first-order chi connectivity index (χ1) is 13.4. The van der Waals surface area contributed by atoms with Gasteiger partial charge in [-0.25, -0.2) is 4.99 Å². The van der Waals surface area contributed by atoms with E-state index in [-0.39, 0.29) is 29.9 Å². The predicted molar refractivity (Wildman–Crippen MR) is 131 cm³/mol. The highest BCUT2D eigenvalue weighted by Gasteiger charge is 2.07. The van der Waals surface area contributed by atoms with E-state index >= 15 is 0 Å². The van der Waals surface area contributed by atoms with E-state index in [4.69, 9.17) is 27.9 Å². The fourth-order valence-corrected chi connectivity index (χ4v) is 2.97. The van der Waals surface area contributed by atoms with Crippen LogP contribution in [0.15, 0.2) is 41.4 Å². The van der Waals surface area contributed by atoms with Gasteiger partial charge in [0.15, 0.2) is 5.96 Å². The second kappa shape index (κ2) is 12.8. The van der Waals surface area contributed by atoms with Crippen molar-refractivity contribution in [2.24, 2.45) is 4.99 Å². The number of carbonyl (C=O) groups excluding carboxylic acids is 1. The van der Waals surface area contributed by atoms with Gasteiger partial charge in [-0.05, 0) is 42.3 Å². The van der Waals surface area contributed by atoms with E-state index in [1.807, 2.05) is 31.2 Å². The third-order valence-electron chi connectivity index (χ3n) is 3.80. The van der Waals surface area contributed by atoms with E-state index in [9.17, 15) is 4.79 Å². The van der Waals surface area contributed by atoms with E-state index in [1.54, 1.807) is 19.2 Å². The number of nitrogens with one attached hydrogen (secondary N) is 3. The maximum atomic E-state index is 11.4. The molecule has 0 saturated heterocycles. The van der Waals surface area contributed by atoms with Crippen LogP contribution in [-0.2, 0) is 17.9 Å². The highest BCUT2D eigenvalue weighted by atomic mass is 127. The van der Waals surface area contributed by atoms with Crippen molar-refractivity contribution in [3.05, 3.63) is 57.6 Å². The molecular weight excluding hydrogens is 526 g/mol. The number of hydrogen-bond acceptors (Lipinski definition) is 3. The Hall–Kier alpha value is -1.71.